The van der Waals surface area contributed by atoms with Gasteiger partial charge >= 0.3 is 5.97 Å². The third kappa shape index (κ3) is 2.73. The summed E-state index contributed by atoms with van der Waals surface area (Å²) in [5.41, 5.74) is 0.396. The van der Waals surface area contributed by atoms with Crippen LogP contribution in [-0.4, -0.2) is 23.9 Å². The quantitative estimate of drug-likeness (QED) is 0.531. The summed E-state index contributed by atoms with van der Waals surface area (Å²) in [6, 6.07) is 0. The summed E-state index contributed by atoms with van der Waals surface area (Å²) in [4.78, 5) is 21.9. The number of rotatable bonds is 3. The number of esters is 1. The minimum absolute atomic E-state index is 0.323. The van der Waals surface area contributed by atoms with Gasteiger partial charge in [-0.3, -0.25) is 4.79 Å². The van der Waals surface area contributed by atoms with Gasteiger partial charge in [-0.15, -0.1) is 0 Å². The third-order valence-corrected chi connectivity index (χ3v) is 2.10. The fraction of sp³-hybridized carbons (Fsp3) is 0.556. The summed E-state index contributed by atoms with van der Waals surface area (Å²) in [6.07, 6.45) is 1.52. The second-order valence-electron chi connectivity index (χ2n) is 2.83. The number of carbonyl (C=O) groups excluding carboxylic acids is 2. The molecule has 14 heavy (non-hydrogen) atoms. The van der Waals surface area contributed by atoms with Crippen molar-refractivity contribution in [1.82, 2.24) is 0 Å². The molecule has 0 aliphatic carbocycles. The molecule has 0 saturated carbocycles. The Labute approximate surface area is 86.8 Å². The van der Waals surface area contributed by atoms with Crippen molar-refractivity contribution in [3.8, 4) is 0 Å². The molecule has 78 valence electrons. The number of hydrogen-bond acceptors (Lipinski definition) is 4. The van der Waals surface area contributed by atoms with Crippen molar-refractivity contribution in [2.24, 2.45) is 0 Å². The van der Waals surface area contributed by atoms with Crippen molar-refractivity contribution >= 4 is 22.8 Å². The van der Waals surface area contributed by atoms with Gasteiger partial charge in [0.25, 0.3) is 5.24 Å². The summed E-state index contributed by atoms with van der Waals surface area (Å²) >= 11 is 5.24. The van der Waals surface area contributed by atoms with Crippen molar-refractivity contribution in [2.45, 2.75) is 25.9 Å². The second-order valence-corrected chi connectivity index (χ2v) is 3.18. The molecule has 1 aliphatic rings. The SMILES string of the molecule is CCOC(=O)C1CCC(C(=O)Cl)=CO1. The Balaban J connectivity index is 2.50. The highest BCUT2D eigenvalue weighted by atomic mass is 35.5. The maximum absolute atomic E-state index is 11.2. The summed E-state index contributed by atoms with van der Waals surface area (Å²) < 4.78 is 9.79. The lowest BCUT2D eigenvalue weighted by Gasteiger charge is -2.19. The first-order chi connectivity index (χ1) is 6.65. The molecule has 4 nitrogen and oxygen atoms in total. The molecule has 0 N–H and O–H groups in total. The maximum Gasteiger partial charge on any atom is 0.347 e. The molecule has 1 atom stereocenters. The monoisotopic (exact) mass is 218 g/mol. The van der Waals surface area contributed by atoms with Gasteiger partial charge in [-0.2, -0.15) is 0 Å². The van der Waals surface area contributed by atoms with Gasteiger partial charge in [-0.1, -0.05) is 0 Å². The van der Waals surface area contributed by atoms with Crippen molar-refractivity contribution in [2.75, 3.05) is 6.61 Å². The van der Waals surface area contributed by atoms with Crippen LogP contribution in [0.4, 0.5) is 0 Å². The van der Waals surface area contributed by atoms with Crippen LogP contribution in [0.5, 0.6) is 0 Å². The normalized spacial score (nSPS) is 20.7. The van der Waals surface area contributed by atoms with Crippen LogP contribution in [0, 0.1) is 0 Å². The zero-order valence-corrected chi connectivity index (χ0v) is 8.54. The molecule has 0 spiro atoms. The lowest BCUT2D eigenvalue weighted by Crippen LogP contribution is -2.27. The first-order valence-corrected chi connectivity index (χ1v) is 4.74. The molecule has 1 unspecified atom stereocenters. The molecule has 0 saturated heterocycles. The van der Waals surface area contributed by atoms with Gasteiger partial charge in [0.1, 0.15) is 0 Å². The van der Waals surface area contributed by atoms with Crippen molar-refractivity contribution in [3.63, 3.8) is 0 Å². The number of carbonyl (C=O) groups is 2. The molecular weight excluding hydrogens is 208 g/mol. The van der Waals surface area contributed by atoms with E-state index in [-0.39, 0.29) is 0 Å². The fourth-order valence-corrected chi connectivity index (χ4v) is 1.27. The molecule has 0 amide bonds. The predicted molar refractivity (Wildman–Crippen MR) is 49.7 cm³/mol. The molecule has 0 radical (unpaired) electrons. The van der Waals surface area contributed by atoms with Crippen LogP contribution in [-0.2, 0) is 19.1 Å². The van der Waals surface area contributed by atoms with Crippen LogP contribution in [0.1, 0.15) is 19.8 Å². The topological polar surface area (TPSA) is 52.6 Å². The van der Waals surface area contributed by atoms with Crippen LogP contribution in [0.15, 0.2) is 11.8 Å². The second kappa shape index (κ2) is 5.00. The number of allylic oxidation sites excluding steroid dienone is 1. The third-order valence-electron chi connectivity index (χ3n) is 1.85. The van der Waals surface area contributed by atoms with E-state index >= 15 is 0 Å². The van der Waals surface area contributed by atoms with Crippen molar-refractivity contribution < 1.29 is 19.1 Å². The Kier molecular flexibility index (Phi) is 3.95. The zero-order valence-electron chi connectivity index (χ0n) is 7.79. The van der Waals surface area contributed by atoms with E-state index in [1.165, 1.54) is 6.26 Å². The van der Waals surface area contributed by atoms with E-state index < -0.39 is 17.3 Å². The highest BCUT2D eigenvalue weighted by molar-refractivity contribution is 6.67. The highest BCUT2D eigenvalue weighted by Crippen LogP contribution is 2.20. The van der Waals surface area contributed by atoms with Crippen LogP contribution in [0.3, 0.4) is 0 Å². The van der Waals surface area contributed by atoms with Gasteiger partial charge in [0.05, 0.1) is 12.9 Å². The Hall–Kier alpha value is -1.03. The number of hydrogen-bond donors (Lipinski definition) is 0. The minimum atomic E-state index is -0.602. The van der Waals surface area contributed by atoms with E-state index in [0.717, 1.165) is 0 Å². The summed E-state index contributed by atoms with van der Waals surface area (Å²) in [7, 11) is 0. The summed E-state index contributed by atoms with van der Waals surface area (Å²) in [5, 5.41) is -0.535. The summed E-state index contributed by atoms with van der Waals surface area (Å²) in [6.45, 7) is 2.05. The van der Waals surface area contributed by atoms with Gasteiger partial charge in [-0.25, -0.2) is 4.79 Å². The van der Waals surface area contributed by atoms with Crippen LogP contribution < -0.4 is 0 Å². The smallest absolute Gasteiger partial charge is 0.347 e. The van der Waals surface area contributed by atoms with Crippen LogP contribution in [0.2, 0.25) is 0 Å². The molecule has 0 aromatic rings. The van der Waals surface area contributed by atoms with Gasteiger partial charge in [-0.05, 0) is 31.4 Å². The van der Waals surface area contributed by atoms with E-state index in [4.69, 9.17) is 21.1 Å². The maximum atomic E-state index is 11.2. The molecule has 1 heterocycles. The van der Waals surface area contributed by atoms with Crippen LogP contribution in [0.25, 0.3) is 0 Å². The molecule has 5 heteroatoms. The van der Waals surface area contributed by atoms with Gasteiger partial charge in [0.15, 0.2) is 6.10 Å². The minimum Gasteiger partial charge on any atom is -0.486 e. The van der Waals surface area contributed by atoms with Gasteiger partial charge < -0.3 is 9.47 Å². The van der Waals surface area contributed by atoms with E-state index in [9.17, 15) is 9.59 Å². The molecule has 0 aromatic carbocycles. The number of halogens is 1. The average Bonchev–Trinajstić information content (AvgIpc) is 2.18. The molecule has 1 rings (SSSR count). The largest absolute Gasteiger partial charge is 0.486 e. The first-order valence-electron chi connectivity index (χ1n) is 4.36. The molecule has 1 aliphatic heterocycles. The van der Waals surface area contributed by atoms with E-state index in [0.29, 0.717) is 25.0 Å². The zero-order chi connectivity index (χ0) is 10.6. The first kappa shape index (κ1) is 11.0. The molecule has 0 fully saturated rings. The van der Waals surface area contributed by atoms with E-state index in [1.807, 2.05) is 0 Å². The Morgan fingerprint density at radius 2 is 2.43 bits per heavy atom. The molecular formula is C9H11ClO4. The lowest BCUT2D eigenvalue weighted by atomic mass is 10.1. The highest BCUT2D eigenvalue weighted by Gasteiger charge is 2.25. The summed E-state index contributed by atoms with van der Waals surface area (Å²) in [5.74, 6) is -0.398. The van der Waals surface area contributed by atoms with E-state index in [1.54, 1.807) is 6.92 Å². The average molecular weight is 219 g/mol. The standard InChI is InChI=1S/C9H11ClO4/c1-2-13-9(12)7-4-3-6(5-14-7)8(10)11/h5,7H,2-4H2,1H3. The van der Waals surface area contributed by atoms with Gasteiger partial charge in [0, 0.05) is 5.57 Å². The Morgan fingerprint density at radius 3 is 2.86 bits per heavy atom. The van der Waals surface area contributed by atoms with Crippen molar-refractivity contribution in [1.29, 1.82) is 0 Å². The molecule has 0 aromatic heterocycles. The fourth-order valence-electron chi connectivity index (χ4n) is 1.13. The Morgan fingerprint density at radius 1 is 1.71 bits per heavy atom. The van der Waals surface area contributed by atoms with E-state index in [2.05, 4.69) is 0 Å². The lowest BCUT2D eigenvalue weighted by molar-refractivity contribution is -0.154. The molecule has 0 bridgehead atoms. The Bertz CT molecular complexity index is 272. The van der Waals surface area contributed by atoms with Crippen LogP contribution >= 0.6 is 11.6 Å². The van der Waals surface area contributed by atoms with Crippen molar-refractivity contribution in [3.05, 3.63) is 11.8 Å². The predicted octanol–water partition coefficient (Wildman–Crippen LogP) is 1.38. The number of ether oxygens (including phenoxy) is 2. The van der Waals surface area contributed by atoms with Gasteiger partial charge in [0.2, 0.25) is 0 Å².